The van der Waals surface area contributed by atoms with Crippen molar-refractivity contribution in [1.82, 2.24) is 4.98 Å². The number of benzene rings is 1. The monoisotopic (exact) mass is 228 g/mol. The summed E-state index contributed by atoms with van der Waals surface area (Å²) in [5.41, 5.74) is 9.53. The minimum Gasteiger partial charge on any atom is -0.493 e. The number of rotatable bonds is 3. The van der Waals surface area contributed by atoms with Gasteiger partial charge in [0.15, 0.2) is 0 Å². The van der Waals surface area contributed by atoms with Crippen LogP contribution >= 0.6 is 0 Å². The number of anilines is 1. The zero-order valence-corrected chi connectivity index (χ0v) is 10.1. The topological polar surface area (TPSA) is 48.1 Å². The molecule has 0 saturated heterocycles. The Hall–Kier alpha value is -2.03. The number of aromatic nitrogens is 1. The average molecular weight is 228 g/mol. The predicted octanol–water partition coefficient (Wildman–Crippen LogP) is 3.04. The van der Waals surface area contributed by atoms with E-state index in [1.165, 1.54) is 0 Å². The van der Waals surface area contributed by atoms with E-state index in [1.807, 2.05) is 44.2 Å². The Kier molecular flexibility index (Phi) is 3.28. The molecule has 0 saturated carbocycles. The van der Waals surface area contributed by atoms with E-state index in [-0.39, 0.29) is 0 Å². The van der Waals surface area contributed by atoms with Crippen LogP contribution < -0.4 is 10.5 Å². The first kappa shape index (κ1) is 11.5. The van der Waals surface area contributed by atoms with Gasteiger partial charge in [0.2, 0.25) is 0 Å². The fraction of sp³-hybridized carbons (Fsp3) is 0.214. The highest BCUT2D eigenvalue weighted by molar-refractivity contribution is 5.78. The summed E-state index contributed by atoms with van der Waals surface area (Å²) in [5, 5.41) is 0. The summed E-state index contributed by atoms with van der Waals surface area (Å²) >= 11 is 0. The van der Waals surface area contributed by atoms with Crippen LogP contribution in [0.3, 0.4) is 0 Å². The third kappa shape index (κ3) is 2.23. The Labute approximate surface area is 101 Å². The van der Waals surface area contributed by atoms with Crippen LogP contribution in [0.5, 0.6) is 5.75 Å². The van der Waals surface area contributed by atoms with Gasteiger partial charge in [0.1, 0.15) is 5.75 Å². The van der Waals surface area contributed by atoms with Gasteiger partial charge in [-0.3, -0.25) is 4.98 Å². The van der Waals surface area contributed by atoms with Crippen molar-refractivity contribution in [1.29, 1.82) is 0 Å². The van der Waals surface area contributed by atoms with Gasteiger partial charge in [0, 0.05) is 11.8 Å². The lowest BCUT2D eigenvalue weighted by atomic mass is 10.1. The molecule has 0 amide bonds. The van der Waals surface area contributed by atoms with E-state index in [9.17, 15) is 0 Å². The quantitative estimate of drug-likeness (QED) is 0.878. The van der Waals surface area contributed by atoms with Crippen molar-refractivity contribution in [2.45, 2.75) is 13.8 Å². The van der Waals surface area contributed by atoms with Crippen LogP contribution in [0.25, 0.3) is 11.3 Å². The largest absolute Gasteiger partial charge is 0.493 e. The molecule has 3 heteroatoms. The zero-order valence-electron chi connectivity index (χ0n) is 10.1. The van der Waals surface area contributed by atoms with Gasteiger partial charge in [-0.1, -0.05) is 12.1 Å². The van der Waals surface area contributed by atoms with Crippen molar-refractivity contribution >= 4 is 5.69 Å². The number of para-hydroxylation sites is 1. The molecule has 1 aromatic heterocycles. The maximum absolute atomic E-state index is 6.06. The lowest BCUT2D eigenvalue weighted by Crippen LogP contribution is -1.99. The van der Waals surface area contributed by atoms with E-state index in [0.717, 1.165) is 22.6 Å². The summed E-state index contributed by atoms with van der Waals surface area (Å²) in [6.45, 7) is 4.57. The second kappa shape index (κ2) is 4.87. The first-order chi connectivity index (χ1) is 8.24. The summed E-state index contributed by atoms with van der Waals surface area (Å²) in [5.74, 6) is 0.819. The van der Waals surface area contributed by atoms with Crippen molar-refractivity contribution in [2.24, 2.45) is 0 Å². The third-order valence-electron chi connectivity index (χ3n) is 2.65. The SMILES string of the molecule is CCOc1ccccc1-c1nccc(C)c1N. The fourth-order valence-corrected chi connectivity index (χ4v) is 1.73. The van der Waals surface area contributed by atoms with Crippen LogP contribution in [0.2, 0.25) is 0 Å². The van der Waals surface area contributed by atoms with Crippen LogP contribution in [0.1, 0.15) is 12.5 Å². The van der Waals surface area contributed by atoms with Gasteiger partial charge < -0.3 is 10.5 Å². The van der Waals surface area contributed by atoms with E-state index in [2.05, 4.69) is 4.98 Å². The summed E-state index contributed by atoms with van der Waals surface area (Å²) in [6.07, 6.45) is 1.77. The number of hydrogen-bond donors (Lipinski definition) is 1. The third-order valence-corrected chi connectivity index (χ3v) is 2.65. The molecule has 0 aliphatic heterocycles. The van der Waals surface area contributed by atoms with Crippen molar-refractivity contribution in [2.75, 3.05) is 12.3 Å². The van der Waals surface area contributed by atoms with E-state index in [1.54, 1.807) is 6.20 Å². The molecule has 88 valence electrons. The molecule has 0 spiro atoms. The Morgan fingerprint density at radius 2 is 2.00 bits per heavy atom. The molecule has 2 rings (SSSR count). The summed E-state index contributed by atoms with van der Waals surface area (Å²) in [4.78, 5) is 4.35. The fourth-order valence-electron chi connectivity index (χ4n) is 1.73. The average Bonchev–Trinajstić information content (AvgIpc) is 2.34. The molecule has 0 unspecified atom stereocenters. The number of ether oxygens (including phenoxy) is 1. The van der Waals surface area contributed by atoms with E-state index < -0.39 is 0 Å². The van der Waals surface area contributed by atoms with Crippen LogP contribution in [-0.4, -0.2) is 11.6 Å². The Bertz CT molecular complexity index is 523. The van der Waals surface area contributed by atoms with Crippen molar-refractivity contribution in [3.8, 4) is 17.0 Å². The lowest BCUT2D eigenvalue weighted by Gasteiger charge is -2.12. The van der Waals surface area contributed by atoms with E-state index in [4.69, 9.17) is 10.5 Å². The second-order valence-electron chi connectivity index (χ2n) is 3.82. The van der Waals surface area contributed by atoms with Gasteiger partial charge in [-0.2, -0.15) is 0 Å². The molecular formula is C14H16N2O. The molecule has 2 aromatic rings. The van der Waals surface area contributed by atoms with Crippen molar-refractivity contribution in [3.63, 3.8) is 0 Å². The van der Waals surface area contributed by atoms with E-state index in [0.29, 0.717) is 12.3 Å². The van der Waals surface area contributed by atoms with Gasteiger partial charge in [0.25, 0.3) is 0 Å². The standard InChI is InChI=1S/C14H16N2O/c1-3-17-12-7-5-4-6-11(12)14-13(15)10(2)8-9-16-14/h4-9H,3,15H2,1-2H3. The smallest absolute Gasteiger partial charge is 0.128 e. The first-order valence-electron chi connectivity index (χ1n) is 5.67. The molecule has 0 radical (unpaired) electrons. The minimum absolute atomic E-state index is 0.628. The number of pyridine rings is 1. The Morgan fingerprint density at radius 1 is 1.24 bits per heavy atom. The lowest BCUT2D eigenvalue weighted by molar-refractivity contribution is 0.341. The van der Waals surface area contributed by atoms with Gasteiger partial charge in [-0.05, 0) is 37.6 Å². The molecule has 0 aliphatic carbocycles. The highest BCUT2D eigenvalue weighted by Gasteiger charge is 2.10. The van der Waals surface area contributed by atoms with Crippen LogP contribution in [0, 0.1) is 6.92 Å². The number of nitrogens with zero attached hydrogens (tertiary/aromatic N) is 1. The predicted molar refractivity (Wildman–Crippen MR) is 70.0 cm³/mol. The van der Waals surface area contributed by atoms with Gasteiger partial charge in [0.05, 0.1) is 18.0 Å². The van der Waals surface area contributed by atoms with Crippen LogP contribution in [-0.2, 0) is 0 Å². The molecule has 2 N–H and O–H groups in total. The van der Waals surface area contributed by atoms with Gasteiger partial charge in [-0.25, -0.2) is 0 Å². The highest BCUT2D eigenvalue weighted by atomic mass is 16.5. The Morgan fingerprint density at radius 3 is 2.76 bits per heavy atom. The second-order valence-corrected chi connectivity index (χ2v) is 3.82. The van der Waals surface area contributed by atoms with Crippen molar-refractivity contribution < 1.29 is 4.74 Å². The molecular weight excluding hydrogens is 212 g/mol. The minimum atomic E-state index is 0.628. The van der Waals surface area contributed by atoms with Crippen LogP contribution in [0.15, 0.2) is 36.5 Å². The molecule has 0 bridgehead atoms. The normalized spacial score (nSPS) is 10.2. The van der Waals surface area contributed by atoms with Crippen molar-refractivity contribution in [3.05, 3.63) is 42.1 Å². The zero-order chi connectivity index (χ0) is 12.3. The maximum atomic E-state index is 6.06. The van der Waals surface area contributed by atoms with E-state index >= 15 is 0 Å². The molecule has 17 heavy (non-hydrogen) atoms. The molecule has 1 aromatic carbocycles. The number of nitrogens with two attached hydrogens (primary N) is 1. The Balaban J connectivity index is 2.56. The van der Waals surface area contributed by atoms with Gasteiger partial charge in [-0.15, -0.1) is 0 Å². The first-order valence-corrected chi connectivity index (χ1v) is 5.67. The number of hydrogen-bond acceptors (Lipinski definition) is 3. The molecule has 3 nitrogen and oxygen atoms in total. The molecule has 1 heterocycles. The molecule has 0 atom stereocenters. The number of nitrogen functional groups attached to an aromatic ring is 1. The maximum Gasteiger partial charge on any atom is 0.128 e. The molecule has 0 fully saturated rings. The highest BCUT2D eigenvalue weighted by Crippen LogP contribution is 2.33. The van der Waals surface area contributed by atoms with Crippen LogP contribution in [0.4, 0.5) is 5.69 Å². The number of aryl methyl sites for hydroxylation is 1. The summed E-state index contributed by atoms with van der Waals surface area (Å²) < 4.78 is 5.59. The summed E-state index contributed by atoms with van der Waals surface area (Å²) in [6, 6.07) is 9.72. The summed E-state index contributed by atoms with van der Waals surface area (Å²) in [7, 11) is 0. The molecule has 0 aliphatic rings. The van der Waals surface area contributed by atoms with Gasteiger partial charge >= 0.3 is 0 Å².